The minimum absolute atomic E-state index is 0.0711. The zero-order valence-electron chi connectivity index (χ0n) is 10.5. The second-order valence-corrected chi connectivity index (χ2v) is 4.38. The van der Waals surface area contributed by atoms with Crippen molar-refractivity contribution in [3.8, 4) is 16.9 Å². The number of hydrogen-bond donors (Lipinski definition) is 3. The van der Waals surface area contributed by atoms with Crippen LogP contribution in [-0.4, -0.2) is 15.3 Å². The third kappa shape index (κ3) is 2.45. The molecule has 0 aliphatic heterocycles. The summed E-state index contributed by atoms with van der Waals surface area (Å²) in [4.78, 5) is 0. The molecule has 0 unspecified atom stereocenters. The van der Waals surface area contributed by atoms with Gasteiger partial charge in [-0.05, 0) is 35.7 Å². The maximum absolute atomic E-state index is 12.9. The number of halogens is 1. The molecule has 2 rings (SSSR count). The lowest BCUT2D eigenvalue weighted by atomic mass is 9.93. The molecule has 2 aromatic rings. The van der Waals surface area contributed by atoms with E-state index in [2.05, 4.69) is 0 Å². The predicted molar refractivity (Wildman–Crippen MR) is 70.1 cm³/mol. The van der Waals surface area contributed by atoms with Gasteiger partial charge in [-0.15, -0.1) is 0 Å². The molecule has 4 heteroatoms. The van der Waals surface area contributed by atoms with Crippen molar-refractivity contribution in [3.63, 3.8) is 0 Å². The van der Waals surface area contributed by atoms with Crippen LogP contribution in [-0.2, 0) is 13.2 Å². The van der Waals surface area contributed by atoms with Crippen molar-refractivity contribution in [1.29, 1.82) is 0 Å². The van der Waals surface area contributed by atoms with Crippen LogP contribution in [0.25, 0.3) is 11.1 Å². The Kier molecular flexibility index (Phi) is 3.83. The lowest BCUT2D eigenvalue weighted by Gasteiger charge is -2.15. The number of aryl methyl sites for hydroxylation is 1. The normalized spacial score (nSPS) is 10.7. The Morgan fingerprint density at radius 1 is 1.05 bits per heavy atom. The molecule has 3 N–H and O–H groups in total. The lowest BCUT2D eigenvalue weighted by Crippen LogP contribution is -1.98. The highest BCUT2D eigenvalue weighted by Gasteiger charge is 2.16. The van der Waals surface area contributed by atoms with Gasteiger partial charge in [0.05, 0.1) is 13.2 Å². The van der Waals surface area contributed by atoms with Crippen molar-refractivity contribution >= 4 is 0 Å². The number of benzene rings is 2. The van der Waals surface area contributed by atoms with Crippen LogP contribution < -0.4 is 0 Å². The molecule has 0 aliphatic rings. The standard InChI is InChI=1S/C15H15FO3/c1-9-6-11(7-17)14(15(19)13(9)8-18)10-2-4-12(16)5-3-10/h2-6,17-19H,7-8H2,1H3. The second-order valence-electron chi connectivity index (χ2n) is 4.38. The molecule has 2 aromatic carbocycles. The fourth-order valence-electron chi connectivity index (χ4n) is 2.17. The van der Waals surface area contributed by atoms with Crippen molar-refractivity contribution in [3.05, 3.63) is 52.8 Å². The molecule has 3 nitrogen and oxygen atoms in total. The Labute approximate surface area is 110 Å². The number of rotatable bonds is 3. The van der Waals surface area contributed by atoms with Gasteiger partial charge in [0.1, 0.15) is 11.6 Å². The van der Waals surface area contributed by atoms with Gasteiger partial charge in [-0.3, -0.25) is 0 Å². The van der Waals surface area contributed by atoms with Crippen molar-refractivity contribution in [1.82, 2.24) is 0 Å². The third-order valence-electron chi connectivity index (χ3n) is 3.17. The van der Waals surface area contributed by atoms with E-state index in [0.717, 1.165) is 0 Å². The lowest BCUT2D eigenvalue weighted by molar-refractivity contribution is 0.271. The molecule has 100 valence electrons. The molecular weight excluding hydrogens is 247 g/mol. The highest BCUT2D eigenvalue weighted by molar-refractivity contribution is 5.76. The Morgan fingerprint density at radius 2 is 1.68 bits per heavy atom. The minimum Gasteiger partial charge on any atom is -0.507 e. The van der Waals surface area contributed by atoms with E-state index < -0.39 is 0 Å². The molecule has 0 saturated carbocycles. The maximum atomic E-state index is 12.9. The van der Waals surface area contributed by atoms with Crippen LogP contribution >= 0.6 is 0 Å². The zero-order chi connectivity index (χ0) is 14.0. The first-order valence-corrected chi connectivity index (χ1v) is 5.90. The van der Waals surface area contributed by atoms with Crippen LogP contribution in [0, 0.1) is 12.7 Å². The third-order valence-corrected chi connectivity index (χ3v) is 3.17. The highest BCUT2D eigenvalue weighted by Crippen LogP contribution is 2.37. The van der Waals surface area contributed by atoms with E-state index in [0.29, 0.717) is 27.8 Å². The van der Waals surface area contributed by atoms with Gasteiger partial charge >= 0.3 is 0 Å². The van der Waals surface area contributed by atoms with E-state index in [1.54, 1.807) is 13.0 Å². The Morgan fingerprint density at radius 3 is 2.21 bits per heavy atom. The van der Waals surface area contributed by atoms with Crippen LogP contribution in [0.15, 0.2) is 30.3 Å². The SMILES string of the molecule is Cc1cc(CO)c(-c2ccc(F)cc2)c(O)c1CO. The molecule has 0 atom stereocenters. The number of aliphatic hydroxyl groups is 2. The zero-order valence-corrected chi connectivity index (χ0v) is 10.5. The van der Waals surface area contributed by atoms with Gasteiger partial charge < -0.3 is 15.3 Å². The molecular formula is C15H15FO3. The molecule has 0 bridgehead atoms. The van der Waals surface area contributed by atoms with E-state index in [1.807, 2.05) is 0 Å². The molecule has 0 saturated heterocycles. The van der Waals surface area contributed by atoms with Crippen LogP contribution in [0.1, 0.15) is 16.7 Å². The topological polar surface area (TPSA) is 60.7 Å². The van der Waals surface area contributed by atoms with Gasteiger partial charge in [0.15, 0.2) is 0 Å². The molecule has 0 spiro atoms. The second kappa shape index (κ2) is 5.38. The summed E-state index contributed by atoms with van der Waals surface area (Å²) < 4.78 is 12.9. The fraction of sp³-hybridized carbons (Fsp3) is 0.200. The number of phenols is 1. The highest BCUT2D eigenvalue weighted by atomic mass is 19.1. The summed E-state index contributed by atoms with van der Waals surface area (Å²) in [6.45, 7) is 1.21. The summed E-state index contributed by atoms with van der Waals surface area (Å²) in [6, 6.07) is 7.34. The predicted octanol–water partition coefficient (Wildman–Crippen LogP) is 2.49. The van der Waals surface area contributed by atoms with E-state index >= 15 is 0 Å². The molecule has 0 radical (unpaired) electrons. The van der Waals surface area contributed by atoms with Crippen molar-refractivity contribution in [2.75, 3.05) is 0 Å². The first kappa shape index (κ1) is 13.5. The number of aliphatic hydroxyl groups excluding tert-OH is 2. The monoisotopic (exact) mass is 262 g/mol. The number of aromatic hydroxyl groups is 1. The summed E-state index contributed by atoms with van der Waals surface area (Å²) in [5.74, 6) is -0.443. The largest absolute Gasteiger partial charge is 0.507 e. The average molecular weight is 262 g/mol. The first-order chi connectivity index (χ1) is 9.08. The summed E-state index contributed by atoms with van der Waals surface area (Å²) in [5.41, 5.74) is 2.68. The number of hydrogen-bond acceptors (Lipinski definition) is 3. The van der Waals surface area contributed by atoms with Crippen LogP contribution in [0.5, 0.6) is 5.75 Å². The van der Waals surface area contributed by atoms with Gasteiger partial charge in [0.2, 0.25) is 0 Å². The van der Waals surface area contributed by atoms with Crippen LogP contribution in [0.2, 0.25) is 0 Å². The van der Waals surface area contributed by atoms with E-state index in [4.69, 9.17) is 0 Å². The quantitative estimate of drug-likeness (QED) is 0.796. The fourth-order valence-corrected chi connectivity index (χ4v) is 2.17. The Bertz CT molecular complexity index is 591. The molecule has 19 heavy (non-hydrogen) atoms. The van der Waals surface area contributed by atoms with Gasteiger partial charge in [0.25, 0.3) is 0 Å². The van der Waals surface area contributed by atoms with Gasteiger partial charge in [-0.2, -0.15) is 0 Å². The summed E-state index contributed by atoms with van der Waals surface area (Å²) in [7, 11) is 0. The molecule has 0 amide bonds. The summed E-state index contributed by atoms with van der Waals surface area (Å²) in [6.07, 6.45) is 0. The molecule has 0 fully saturated rings. The smallest absolute Gasteiger partial charge is 0.129 e. The van der Waals surface area contributed by atoms with Gasteiger partial charge in [-0.1, -0.05) is 18.2 Å². The van der Waals surface area contributed by atoms with Crippen molar-refractivity contribution < 1.29 is 19.7 Å². The Balaban J connectivity index is 2.70. The maximum Gasteiger partial charge on any atom is 0.129 e. The minimum atomic E-state index is -0.372. The van der Waals surface area contributed by atoms with Crippen molar-refractivity contribution in [2.45, 2.75) is 20.1 Å². The van der Waals surface area contributed by atoms with Crippen molar-refractivity contribution in [2.24, 2.45) is 0 Å². The summed E-state index contributed by atoms with van der Waals surface area (Å²) in [5, 5.41) is 28.9. The van der Waals surface area contributed by atoms with E-state index in [-0.39, 0.29) is 24.8 Å². The average Bonchev–Trinajstić information content (AvgIpc) is 2.40. The van der Waals surface area contributed by atoms with Crippen LogP contribution in [0.4, 0.5) is 4.39 Å². The summed E-state index contributed by atoms with van der Waals surface area (Å²) >= 11 is 0. The molecule has 0 aromatic heterocycles. The molecule has 0 heterocycles. The first-order valence-electron chi connectivity index (χ1n) is 5.90. The molecule has 0 aliphatic carbocycles. The van der Waals surface area contributed by atoms with E-state index in [9.17, 15) is 19.7 Å². The van der Waals surface area contributed by atoms with Gasteiger partial charge in [0, 0.05) is 11.1 Å². The van der Waals surface area contributed by atoms with Gasteiger partial charge in [-0.25, -0.2) is 4.39 Å². The van der Waals surface area contributed by atoms with Crippen LogP contribution in [0.3, 0.4) is 0 Å². The van der Waals surface area contributed by atoms with E-state index in [1.165, 1.54) is 24.3 Å². The Hall–Kier alpha value is -1.91.